The smallest absolute Gasteiger partial charge is 0.387 e. The molecule has 4 aromatic carbocycles. The van der Waals surface area contributed by atoms with E-state index in [9.17, 15) is 17.6 Å². The number of ether oxygens (including phenoxy) is 3. The molecule has 0 fully saturated rings. The monoisotopic (exact) mass is 647 g/mol. The van der Waals surface area contributed by atoms with Crippen LogP contribution in [0.2, 0.25) is 0 Å². The Hall–Kier alpha value is -4.83. The van der Waals surface area contributed by atoms with Crippen molar-refractivity contribution in [3.05, 3.63) is 120 Å². The lowest BCUT2D eigenvalue weighted by molar-refractivity contribution is -0.0505. The van der Waals surface area contributed by atoms with Gasteiger partial charge in [0, 0.05) is 37.3 Å². The molecule has 0 spiro atoms. The number of unbranched alkanes of at least 4 members (excludes halogenated alkanes) is 1. The van der Waals surface area contributed by atoms with Crippen LogP contribution < -0.4 is 14.2 Å². The van der Waals surface area contributed by atoms with Gasteiger partial charge in [-0.15, -0.1) is 0 Å². The zero-order chi connectivity index (χ0) is 33.2. The normalized spacial score (nSPS) is 11.4. The van der Waals surface area contributed by atoms with E-state index in [-0.39, 0.29) is 11.5 Å². The van der Waals surface area contributed by atoms with E-state index >= 15 is 0 Å². The summed E-state index contributed by atoms with van der Waals surface area (Å²) < 4.78 is 68.1. The van der Waals surface area contributed by atoms with Crippen LogP contribution in [0.4, 0.5) is 17.6 Å². The molecule has 0 N–H and O–H groups in total. The molecule has 10 heteroatoms. The zero-order valence-corrected chi connectivity index (χ0v) is 26.3. The van der Waals surface area contributed by atoms with Gasteiger partial charge >= 0.3 is 13.2 Å². The second kappa shape index (κ2) is 16.1. The summed E-state index contributed by atoms with van der Waals surface area (Å²) in [5, 5.41) is 0. The third-order valence-corrected chi connectivity index (χ3v) is 7.67. The molecule has 0 aliphatic heterocycles. The van der Waals surface area contributed by atoms with Crippen molar-refractivity contribution in [2.24, 2.45) is 0 Å². The highest BCUT2D eigenvalue weighted by Crippen LogP contribution is 2.33. The number of rotatable bonds is 16. The molecule has 5 aromatic rings. The molecule has 0 unspecified atom stereocenters. The number of imidazole rings is 1. The molecule has 1 heterocycles. The molecule has 0 aliphatic rings. The van der Waals surface area contributed by atoms with Crippen LogP contribution in [-0.4, -0.2) is 34.8 Å². The molecule has 0 bridgehead atoms. The molecule has 246 valence electrons. The van der Waals surface area contributed by atoms with Gasteiger partial charge in [-0.3, -0.25) is 4.90 Å². The predicted octanol–water partition coefficient (Wildman–Crippen LogP) is 9.43. The molecule has 1 aromatic heterocycles. The topological polar surface area (TPSA) is 48.8 Å². The number of hydrogen-bond acceptors (Lipinski definition) is 5. The van der Waals surface area contributed by atoms with Crippen molar-refractivity contribution < 1.29 is 31.8 Å². The largest absolute Gasteiger partial charge is 0.497 e. The summed E-state index contributed by atoms with van der Waals surface area (Å²) in [7, 11) is 1.63. The molecule has 47 heavy (non-hydrogen) atoms. The molecule has 6 nitrogen and oxygen atoms in total. The third-order valence-electron chi connectivity index (χ3n) is 7.67. The van der Waals surface area contributed by atoms with Crippen molar-refractivity contribution in [1.29, 1.82) is 0 Å². The van der Waals surface area contributed by atoms with Crippen molar-refractivity contribution in [2.75, 3.05) is 7.11 Å². The number of methoxy groups -OCH3 is 1. The third kappa shape index (κ3) is 9.13. The lowest BCUT2D eigenvalue weighted by Gasteiger charge is -2.25. The molecule has 0 saturated heterocycles. The zero-order valence-electron chi connectivity index (χ0n) is 26.3. The lowest BCUT2D eigenvalue weighted by atomic mass is 10.1. The predicted molar refractivity (Wildman–Crippen MR) is 174 cm³/mol. The van der Waals surface area contributed by atoms with E-state index in [2.05, 4.69) is 25.9 Å². The van der Waals surface area contributed by atoms with Crippen molar-refractivity contribution in [2.45, 2.75) is 59.2 Å². The number of hydrogen-bond donors (Lipinski definition) is 0. The van der Waals surface area contributed by atoms with E-state index in [1.54, 1.807) is 31.4 Å². The minimum absolute atomic E-state index is 0.0791. The van der Waals surface area contributed by atoms with E-state index < -0.39 is 13.2 Å². The second-order valence-electron chi connectivity index (χ2n) is 11.0. The highest BCUT2D eigenvalue weighted by atomic mass is 19.3. The van der Waals surface area contributed by atoms with Crippen LogP contribution in [-0.2, 0) is 26.2 Å². The molecule has 5 rings (SSSR count). The van der Waals surface area contributed by atoms with Crippen LogP contribution in [0.3, 0.4) is 0 Å². The highest BCUT2D eigenvalue weighted by molar-refractivity contribution is 5.69. The molecule has 0 aliphatic carbocycles. The van der Waals surface area contributed by atoms with Crippen molar-refractivity contribution in [3.63, 3.8) is 0 Å². The lowest BCUT2D eigenvalue weighted by Crippen LogP contribution is -2.24. The number of benzene rings is 4. The maximum atomic E-state index is 12.8. The Morgan fingerprint density at radius 1 is 0.681 bits per heavy atom. The van der Waals surface area contributed by atoms with E-state index in [0.717, 1.165) is 58.9 Å². The minimum Gasteiger partial charge on any atom is -0.497 e. The Bertz CT molecular complexity index is 1640. The first-order valence-corrected chi connectivity index (χ1v) is 15.4. The van der Waals surface area contributed by atoms with Gasteiger partial charge in [0.25, 0.3) is 0 Å². The summed E-state index contributed by atoms with van der Waals surface area (Å²) in [5.74, 6) is 1.73. The Kier molecular flexibility index (Phi) is 11.5. The van der Waals surface area contributed by atoms with E-state index in [4.69, 9.17) is 9.72 Å². The average molecular weight is 648 g/mol. The maximum Gasteiger partial charge on any atom is 0.387 e. The fourth-order valence-electron chi connectivity index (χ4n) is 5.46. The van der Waals surface area contributed by atoms with Crippen LogP contribution in [0.1, 0.15) is 36.6 Å². The van der Waals surface area contributed by atoms with Gasteiger partial charge in [0.05, 0.1) is 18.5 Å². The summed E-state index contributed by atoms with van der Waals surface area (Å²) in [5.41, 5.74) is 5.50. The first-order chi connectivity index (χ1) is 22.8. The van der Waals surface area contributed by atoms with Gasteiger partial charge < -0.3 is 18.8 Å². The Morgan fingerprint density at radius 2 is 1.26 bits per heavy atom. The van der Waals surface area contributed by atoms with Crippen LogP contribution in [0, 0.1) is 0 Å². The van der Waals surface area contributed by atoms with Crippen LogP contribution in [0.25, 0.3) is 22.6 Å². The SMILES string of the molecule is CCCCn1c(-c2ccccc2)nc(-c2cccc(OC)c2)c1CN(Cc1ccc(OC(F)F)cc1)Cc1ccc(OC(F)F)cc1. The van der Waals surface area contributed by atoms with Crippen molar-refractivity contribution in [3.8, 4) is 39.9 Å². The second-order valence-corrected chi connectivity index (χ2v) is 11.0. The fourth-order valence-corrected chi connectivity index (χ4v) is 5.46. The van der Waals surface area contributed by atoms with Gasteiger partial charge in [-0.25, -0.2) is 4.98 Å². The average Bonchev–Trinajstić information content (AvgIpc) is 3.43. The van der Waals surface area contributed by atoms with Gasteiger partial charge in [0.1, 0.15) is 23.1 Å². The maximum absolute atomic E-state index is 12.8. The standard InChI is InChI=1S/C37H37F4N3O3/c1-3-4-21-44-33(34(29-11-8-12-32(22-29)45-2)42-35(44)28-9-6-5-7-10-28)25-43(23-26-13-17-30(18-14-26)46-36(38)39)24-27-15-19-31(20-16-27)47-37(40)41/h5-20,22,36-37H,3-4,21,23-25H2,1-2H3. The highest BCUT2D eigenvalue weighted by Gasteiger charge is 2.23. The van der Waals surface area contributed by atoms with Gasteiger partial charge in [0.15, 0.2) is 0 Å². The summed E-state index contributed by atoms with van der Waals surface area (Å²) in [4.78, 5) is 7.44. The first kappa shape index (κ1) is 33.5. The Morgan fingerprint density at radius 3 is 1.79 bits per heavy atom. The van der Waals surface area contributed by atoms with Gasteiger partial charge in [-0.05, 0) is 53.9 Å². The molecule has 0 radical (unpaired) electrons. The number of halogens is 4. The van der Waals surface area contributed by atoms with E-state index in [0.29, 0.717) is 25.4 Å². The molecular weight excluding hydrogens is 610 g/mol. The summed E-state index contributed by atoms with van der Waals surface area (Å²) in [6, 6.07) is 31.0. The van der Waals surface area contributed by atoms with E-state index in [1.165, 1.54) is 24.3 Å². The van der Waals surface area contributed by atoms with Crippen LogP contribution in [0.5, 0.6) is 17.2 Å². The minimum atomic E-state index is -2.91. The molecule has 0 amide bonds. The summed E-state index contributed by atoms with van der Waals surface area (Å²) >= 11 is 0. The van der Waals surface area contributed by atoms with Crippen molar-refractivity contribution in [1.82, 2.24) is 14.5 Å². The quantitative estimate of drug-likeness (QED) is 0.0999. The van der Waals surface area contributed by atoms with E-state index in [1.807, 2.05) is 54.6 Å². The Labute approximate surface area is 272 Å². The molecule has 0 atom stereocenters. The molecule has 0 saturated carbocycles. The number of aromatic nitrogens is 2. The molecular formula is C37H37F4N3O3. The van der Waals surface area contributed by atoms with Gasteiger partial charge in [-0.2, -0.15) is 17.6 Å². The van der Waals surface area contributed by atoms with Crippen LogP contribution >= 0.6 is 0 Å². The first-order valence-electron chi connectivity index (χ1n) is 15.4. The Balaban J connectivity index is 1.58. The van der Waals surface area contributed by atoms with Gasteiger partial charge in [0.2, 0.25) is 0 Å². The number of nitrogens with zero attached hydrogens (tertiary/aromatic N) is 3. The summed E-state index contributed by atoms with van der Waals surface area (Å²) in [6.07, 6.45) is 1.93. The van der Waals surface area contributed by atoms with Crippen molar-refractivity contribution >= 4 is 0 Å². The van der Waals surface area contributed by atoms with Crippen LogP contribution in [0.15, 0.2) is 103 Å². The number of alkyl halides is 4. The van der Waals surface area contributed by atoms with Gasteiger partial charge in [-0.1, -0.05) is 80.1 Å². The fraction of sp³-hybridized carbons (Fsp3) is 0.270. The summed E-state index contributed by atoms with van der Waals surface area (Å²) in [6.45, 7) is -1.53.